The van der Waals surface area contributed by atoms with Crippen molar-refractivity contribution < 1.29 is 9.47 Å². The van der Waals surface area contributed by atoms with E-state index in [4.69, 9.17) is 9.47 Å². The first-order valence-corrected chi connectivity index (χ1v) is 6.19. The summed E-state index contributed by atoms with van der Waals surface area (Å²) in [6.07, 6.45) is 0. The number of nitrogens with one attached hydrogen (secondary N) is 2. The van der Waals surface area contributed by atoms with Crippen molar-refractivity contribution in [2.24, 2.45) is 0 Å². The number of benzene rings is 1. The second-order valence-electron chi connectivity index (χ2n) is 4.56. The topological polar surface area (TPSA) is 42.5 Å². The fourth-order valence-corrected chi connectivity index (χ4v) is 2.45. The molecule has 92 valence electrons. The van der Waals surface area contributed by atoms with E-state index in [-0.39, 0.29) is 0 Å². The normalized spacial score (nSPS) is 23.5. The first kappa shape index (κ1) is 10.9. The Morgan fingerprint density at radius 1 is 1.12 bits per heavy atom. The summed E-state index contributed by atoms with van der Waals surface area (Å²) in [4.78, 5) is 0. The average Bonchev–Trinajstić information content (AvgIpc) is 2.39. The number of piperazine rings is 1. The predicted molar refractivity (Wildman–Crippen MR) is 65.8 cm³/mol. The van der Waals surface area contributed by atoms with Gasteiger partial charge in [-0.05, 0) is 30.2 Å². The molecule has 3 rings (SSSR count). The molecular formula is C13H18N2O2. The van der Waals surface area contributed by atoms with E-state index < -0.39 is 0 Å². The van der Waals surface area contributed by atoms with Crippen molar-refractivity contribution in [2.75, 3.05) is 32.8 Å². The van der Waals surface area contributed by atoms with Gasteiger partial charge < -0.3 is 20.1 Å². The van der Waals surface area contributed by atoms with E-state index in [2.05, 4.69) is 29.7 Å². The van der Waals surface area contributed by atoms with E-state index in [0.717, 1.165) is 31.1 Å². The number of aryl methyl sites for hydroxylation is 1. The van der Waals surface area contributed by atoms with Gasteiger partial charge in [-0.25, -0.2) is 0 Å². The SMILES string of the molecule is Cc1cc2c(cc1C1CNCCN1)OCCO2. The van der Waals surface area contributed by atoms with Crippen LogP contribution in [0.1, 0.15) is 17.2 Å². The minimum absolute atomic E-state index is 0.375. The molecule has 0 aromatic heterocycles. The van der Waals surface area contributed by atoms with Crippen LogP contribution in [0.15, 0.2) is 12.1 Å². The lowest BCUT2D eigenvalue weighted by Gasteiger charge is -2.28. The van der Waals surface area contributed by atoms with Crippen molar-refractivity contribution in [3.63, 3.8) is 0 Å². The van der Waals surface area contributed by atoms with Crippen LogP contribution in [0, 0.1) is 6.92 Å². The summed E-state index contributed by atoms with van der Waals surface area (Å²) in [7, 11) is 0. The van der Waals surface area contributed by atoms with Crippen LogP contribution in [0.2, 0.25) is 0 Å². The lowest BCUT2D eigenvalue weighted by Crippen LogP contribution is -2.42. The summed E-state index contributed by atoms with van der Waals surface area (Å²) in [5.41, 5.74) is 2.57. The van der Waals surface area contributed by atoms with Crippen LogP contribution in [0.5, 0.6) is 11.5 Å². The molecule has 0 spiro atoms. The molecule has 4 heteroatoms. The Labute approximate surface area is 101 Å². The zero-order valence-corrected chi connectivity index (χ0v) is 10.1. The summed E-state index contributed by atoms with van der Waals surface area (Å²) >= 11 is 0. The van der Waals surface area contributed by atoms with Gasteiger partial charge in [0.1, 0.15) is 13.2 Å². The lowest BCUT2D eigenvalue weighted by atomic mass is 9.99. The molecule has 1 fully saturated rings. The standard InChI is InChI=1S/C13H18N2O2/c1-9-6-12-13(17-5-4-16-12)7-10(9)11-8-14-2-3-15-11/h6-7,11,14-15H,2-5,8H2,1H3. The number of hydrogen-bond donors (Lipinski definition) is 2. The zero-order valence-electron chi connectivity index (χ0n) is 10.1. The van der Waals surface area contributed by atoms with Crippen LogP contribution in [-0.2, 0) is 0 Å². The Kier molecular flexibility index (Phi) is 2.91. The molecule has 17 heavy (non-hydrogen) atoms. The number of ether oxygens (including phenoxy) is 2. The number of fused-ring (bicyclic) bond motifs is 1. The Bertz CT molecular complexity index is 414. The molecule has 0 amide bonds. The lowest BCUT2D eigenvalue weighted by molar-refractivity contribution is 0.171. The highest BCUT2D eigenvalue weighted by Gasteiger charge is 2.20. The summed E-state index contributed by atoms with van der Waals surface area (Å²) in [5, 5.41) is 6.93. The molecule has 0 radical (unpaired) electrons. The molecule has 2 aliphatic rings. The highest BCUT2D eigenvalue weighted by Crippen LogP contribution is 2.35. The molecule has 1 aromatic carbocycles. The van der Waals surface area contributed by atoms with Crippen molar-refractivity contribution in [1.29, 1.82) is 0 Å². The number of rotatable bonds is 1. The van der Waals surface area contributed by atoms with Gasteiger partial charge in [0.2, 0.25) is 0 Å². The van der Waals surface area contributed by atoms with Crippen molar-refractivity contribution >= 4 is 0 Å². The summed E-state index contributed by atoms with van der Waals surface area (Å²) < 4.78 is 11.2. The fraction of sp³-hybridized carbons (Fsp3) is 0.538. The molecule has 0 saturated carbocycles. The van der Waals surface area contributed by atoms with Crippen molar-refractivity contribution in [3.8, 4) is 11.5 Å². The van der Waals surface area contributed by atoms with E-state index in [0.29, 0.717) is 19.3 Å². The number of hydrogen-bond acceptors (Lipinski definition) is 4. The minimum atomic E-state index is 0.375. The molecule has 2 aliphatic heterocycles. The second-order valence-corrected chi connectivity index (χ2v) is 4.56. The molecule has 1 aromatic rings. The molecule has 1 saturated heterocycles. The van der Waals surface area contributed by atoms with Gasteiger partial charge in [0, 0.05) is 25.7 Å². The van der Waals surface area contributed by atoms with Gasteiger partial charge in [-0.2, -0.15) is 0 Å². The molecular weight excluding hydrogens is 216 g/mol. The van der Waals surface area contributed by atoms with Crippen LogP contribution < -0.4 is 20.1 Å². The van der Waals surface area contributed by atoms with Gasteiger partial charge in [-0.1, -0.05) is 0 Å². The highest BCUT2D eigenvalue weighted by atomic mass is 16.6. The third-order valence-corrected chi connectivity index (χ3v) is 3.35. The third kappa shape index (κ3) is 2.10. The molecule has 2 N–H and O–H groups in total. The van der Waals surface area contributed by atoms with Gasteiger partial charge >= 0.3 is 0 Å². The van der Waals surface area contributed by atoms with Crippen LogP contribution in [-0.4, -0.2) is 32.8 Å². The Balaban J connectivity index is 1.93. The van der Waals surface area contributed by atoms with Gasteiger partial charge in [-0.3, -0.25) is 0 Å². The summed E-state index contributed by atoms with van der Waals surface area (Å²) in [5.74, 6) is 1.76. The molecule has 1 atom stereocenters. The van der Waals surface area contributed by atoms with E-state index >= 15 is 0 Å². The summed E-state index contributed by atoms with van der Waals surface area (Å²) in [6, 6.07) is 4.58. The van der Waals surface area contributed by atoms with Crippen LogP contribution in [0.4, 0.5) is 0 Å². The van der Waals surface area contributed by atoms with Gasteiger partial charge in [-0.15, -0.1) is 0 Å². The van der Waals surface area contributed by atoms with E-state index in [1.54, 1.807) is 0 Å². The largest absolute Gasteiger partial charge is 0.486 e. The predicted octanol–water partition coefficient (Wildman–Crippen LogP) is 1.00. The second kappa shape index (κ2) is 4.55. The summed E-state index contributed by atoms with van der Waals surface area (Å²) in [6.45, 7) is 6.45. The maximum Gasteiger partial charge on any atom is 0.161 e. The quantitative estimate of drug-likeness (QED) is 0.761. The maximum atomic E-state index is 5.64. The molecule has 4 nitrogen and oxygen atoms in total. The average molecular weight is 234 g/mol. The minimum Gasteiger partial charge on any atom is -0.486 e. The van der Waals surface area contributed by atoms with Gasteiger partial charge in [0.05, 0.1) is 0 Å². The van der Waals surface area contributed by atoms with Crippen molar-refractivity contribution in [3.05, 3.63) is 23.3 Å². The van der Waals surface area contributed by atoms with E-state index in [1.807, 2.05) is 0 Å². The third-order valence-electron chi connectivity index (χ3n) is 3.35. The fourth-order valence-electron chi connectivity index (χ4n) is 2.45. The smallest absolute Gasteiger partial charge is 0.161 e. The maximum absolute atomic E-state index is 5.64. The Hall–Kier alpha value is -1.26. The monoisotopic (exact) mass is 234 g/mol. The van der Waals surface area contributed by atoms with E-state index in [9.17, 15) is 0 Å². The van der Waals surface area contributed by atoms with Crippen LogP contribution in [0.25, 0.3) is 0 Å². The first-order chi connectivity index (χ1) is 8.34. The van der Waals surface area contributed by atoms with Crippen LogP contribution >= 0.6 is 0 Å². The van der Waals surface area contributed by atoms with Gasteiger partial charge in [0.15, 0.2) is 11.5 Å². The molecule has 0 aliphatic carbocycles. The highest BCUT2D eigenvalue weighted by molar-refractivity contribution is 5.48. The molecule has 1 unspecified atom stereocenters. The molecule has 2 heterocycles. The van der Waals surface area contributed by atoms with Crippen LogP contribution in [0.3, 0.4) is 0 Å². The molecule has 0 bridgehead atoms. The van der Waals surface area contributed by atoms with Crippen molar-refractivity contribution in [2.45, 2.75) is 13.0 Å². The zero-order chi connectivity index (χ0) is 11.7. The Morgan fingerprint density at radius 2 is 1.88 bits per heavy atom. The first-order valence-electron chi connectivity index (χ1n) is 6.19. The van der Waals surface area contributed by atoms with Crippen molar-refractivity contribution in [1.82, 2.24) is 10.6 Å². The Morgan fingerprint density at radius 3 is 2.59 bits per heavy atom. The van der Waals surface area contributed by atoms with E-state index in [1.165, 1.54) is 11.1 Å². The van der Waals surface area contributed by atoms with Gasteiger partial charge in [0.25, 0.3) is 0 Å².